The Morgan fingerprint density at radius 2 is 0.773 bits per heavy atom. The Labute approximate surface area is 382 Å². The maximum atomic E-state index is 7.00. The molecule has 0 fully saturated rings. The Morgan fingerprint density at radius 1 is 0.258 bits per heavy atom. The molecular formula is C64H41NO. The fourth-order valence-electron chi connectivity index (χ4n) is 10.4. The summed E-state index contributed by atoms with van der Waals surface area (Å²) in [5.41, 5.74) is 14.0. The van der Waals surface area contributed by atoms with Crippen LogP contribution in [0.3, 0.4) is 0 Å². The first kappa shape index (κ1) is 37.8. The molecule has 0 amide bonds. The first-order valence-electron chi connectivity index (χ1n) is 22.7. The second-order valence-electron chi connectivity index (χ2n) is 17.2. The van der Waals surface area contributed by atoms with Gasteiger partial charge >= 0.3 is 0 Å². The normalized spacial score (nSPS) is 11.6. The van der Waals surface area contributed by atoms with Crippen LogP contribution in [0.2, 0.25) is 0 Å². The third-order valence-corrected chi connectivity index (χ3v) is 13.4. The fraction of sp³-hybridized carbons (Fsp3) is 0. The number of benzene rings is 12. The molecule has 0 unspecified atom stereocenters. The zero-order valence-corrected chi connectivity index (χ0v) is 36.0. The number of anilines is 3. The van der Waals surface area contributed by atoms with E-state index in [0.717, 1.165) is 72.4 Å². The molecule has 0 aliphatic heterocycles. The minimum Gasteiger partial charge on any atom is -0.455 e. The Hall–Kier alpha value is -8.72. The highest BCUT2D eigenvalue weighted by Gasteiger charge is 2.26. The number of fused-ring (bicyclic) bond motifs is 10. The molecule has 13 rings (SSSR count). The molecule has 66 heavy (non-hydrogen) atoms. The summed E-state index contributed by atoms with van der Waals surface area (Å²) in [6.07, 6.45) is 0. The number of para-hydroxylation sites is 3. The summed E-state index contributed by atoms with van der Waals surface area (Å²) in [6, 6.07) is 90.3. The van der Waals surface area contributed by atoms with Crippen molar-refractivity contribution in [2.75, 3.05) is 4.90 Å². The van der Waals surface area contributed by atoms with Crippen LogP contribution in [0.25, 0.3) is 110 Å². The van der Waals surface area contributed by atoms with E-state index in [1.165, 1.54) is 54.2 Å². The van der Waals surface area contributed by atoms with Gasteiger partial charge in [0.2, 0.25) is 0 Å². The molecule has 0 spiro atoms. The molecule has 0 N–H and O–H groups in total. The van der Waals surface area contributed by atoms with E-state index >= 15 is 0 Å². The van der Waals surface area contributed by atoms with Gasteiger partial charge in [0, 0.05) is 22.1 Å². The van der Waals surface area contributed by atoms with Crippen molar-refractivity contribution in [1.29, 1.82) is 0 Å². The van der Waals surface area contributed by atoms with Gasteiger partial charge in [-0.15, -0.1) is 0 Å². The molecule has 0 aliphatic rings. The minimum atomic E-state index is 0.854. The van der Waals surface area contributed by atoms with Gasteiger partial charge in [-0.1, -0.05) is 200 Å². The minimum absolute atomic E-state index is 0.854. The molecule has 0 saturated heterocycles. The Kier molecular flexibility index (Phi) is 8.89. The lowest BCUT2D eigenvalue weighted by Gasteiger charge is -2.31. The van der Waals surface area contributed by atoms with Crippen molar-refractivity contribution in [3.63, 3.8) is 0 Å². The number of nitrogens with zero attached hydrogens (tertiary/aromatic N) is 1. The van der Waals surface area contributed by atoms with E-state index in [1.54, 1.807) is 0 Å². The van der Waals surface area contributed by atoms with E-state index in [0.29, 0.717) is 0 Å². The molecule has 0 radical (unpaired) electrons. The van der Waals surface area contributed by atoms with Gasteiger partial charge in [-0.25, -0.2) is 0 Å². The predicted octanol–water partition coefficient (Wildman–Crippen LogP) is 18.3. The third-order valence-electron chi connectivity index (χ3n) is 13.4. The fourth-order valence-corrected chi connectivity index (χ4v) is 10.4. The summed E-state index contributed by atoms with van der Waals surface area (Å²) in [6.45, 7) is 0. The van der Waals surface area contributed by atoms with Gasteiger partial charge in [0.25, 0.3) is 0 Å². The van der Waals surface area contributed by atoms with Crippen molar-refractivity contribution in [2.24, 2.45) is 0 Å². The van der Waals surface area contributed by atoms with E-state index in [1.807, 2.05) is 0 Å². The highest BCUT2D eigenvalue weighted by atomic mass is 16.3. The number of furan rings is 1. The summed E-state index contributed by atoms with van der Waals surface area (Å²) in [4.78, 5) is 2.48. The van der Waals surface area contributed by atoms with Crippen LogP contribution in [0.1, 0.15) is 0 Å². The second-order valence-corrected chi connectivity index (χ2v) is 17.2. The zero-order valence-electron chi connectivity index (χ0n) is 36.0. The predicted molar refractivity (Wildman–Crippen MR) is 280 cm³/mol. The Balaban J connectivity index is 1.09. The summed E-state index contributed by atoms with van der Waals surface area (Å²) in [5, 5.41) is 12.1. The highest BCUT2D eigenvalue weighted by molar-refractivity contribution is 6.26. The summed E-state index contributed by atoms with van der Waals surface area (Å²) < 4.78 is 7.00. The van der Waals surface area contributed by atoms with Gasteiger partial charge in [-0.05, 0) is 119 Å². The van der Waals surface area contributed by atoms with Crippen molar-refractivity contribution < 1.29 is 4.42 Å². The van der Waals surface area contributed by atoms with Crippen LogP contribution >= 0.6 is 0 Å². The number of rotatable bonds is 7. The maximum Gasteiger partial charge on any atom is 0.145 e. The van der Waals surface area contributed by atoms with Crippen molar-refractivity contribution in [2.45, 2.75) is 0 Å². The molecule has 12 aromatic carbocycles. The van der Waals surface area contributed by atoms with E-state index in [2.05, 4.69) is 254 Å². The maximum absolute atomic E-state index is 7.00. The van der Waals surface area contributed by atoms with Crippen molar-refractivity contribution >= 4 is 82.1 Å². The summed E-state index contributed by atoms with van der Waals surface area (Å²) in [5.74, 6) is 0. The Bertz CT molecular complexity index is 3980. The molecule has 2 heteroatoms. The molecule has 0 bridgehead atoms. The average Bonchev–Trinajstić information content (AvgIpc) is 3.79. The first-order chi connectivity index (χ1) is 32.7. The molecule has 0 atom stereocenters. The van der Waals surface area contributed by atoms with Crippen LogP contribution in [0.5, 0.6) is 0 Å². The average molecular weight is 840 g/mol. The van der Waals surface area contributed by atoms with Crippen molar-refractivity contribution in [3.8, 4) is 44.5 Å². The number of hydrogen-bond donors (Lipinski definition) is 0. The zero-order chi connectivity index (χ0) is 43.6. The SMILES string of the molecule is c1ccc(-c2cccc(-c3ccccc3N(c3ccccc3-c3ccc4c5ccccc5c5ccccc5c4c3)c3ccc(-c4ccc5ccccc5c4)c4oc5ccccc5c34)c2)cc1. The topological polar surface area (TPSA) is 16.4 Å². The molecule has 2 nitrogen and oxygen atoms in total. The van der Waals surface area contributed by atoms with E-state index in [-0.39, 0.29) is 0 Å². The van der Waals surface area contributed by atoms with E-state index in [9.17, 15) is 0 Å². The quantitative estimate of drug-likeness (QED) is 0.149. The van der Waals surface area contributed by atoms with Crippen LogP contribution in [-0.2, 0) is 0 Å². The van der Waals surface area contributed by atoms with Crippen LogP contribution in [0, 0.1) is 0 Å². The van der Waals surface area contributed by atoms with Crippen molar-refractivity contribution in [1.82, 2.24) is 0 Å². The van der Waals surface area contributed by atoms with Gasteiger partial charge in [0.05, 0.1) is 22.4 Å². The molecule has 13 aromatic rings. The van der Waals surface area contributed by atoms with Crippen molar-refractivity contribution in [3.05, 3.63) is 249 Å². The summed E-state index contributed by atoms with van der Waals surface area (Å²) >= 11 is 0. The van der Waals surface area contributed by atoms with Crippen LogP contribution in [-0.4, -0.2) is 0 Å². The largest absolute Gasteiger partial charge is 0.455 e. The van der Waals surface area contributed by atoms with Gasteiger partial charge in [-0.3, -0.25) is 0 Å². The smallest absolute Gasteiger partial charge is 0.145 e. The molecule has 0 saturated carbocycles. The van der Waals surface area contributed by atoms with Crippen LogP contribution < -0.4 is 4.90 Å². The lowest BCUT2D eigenvalue weighted by molar-refractivity contribution is 0.670. The third kappa shape index (κ3) is 6.18. The molecule has 308 valence electrons. The lowest BCUT2D eigenvalue weighted by atomic mass is 9.91. The summed E-state index contributed by atoms with van der Waals surface area (Å²) in [7, 11) is 0. The van der Waals surface area contributed by atoms with E-state index < -0.39 is 0 Å². The van der Waals surface area contributed by atoms with Crippen LogP contribution in [0.4, 0.5) is 17.1 Å². The standard InChI is InChI=1S/C64H41NO/c1-2-17-42(18-3-1)45-21-16-22-46(39-45)49-23-10-13-30-59(49)65(61-38-37-51(47-34-33-43-19-4-5-20-44(43)40-47)64-63(61)57-29-12-15-32-62(57)66-64)60-31-14-11-24-50(60)48-35-36-56-54-27-7-6-25-52(54)53-26-8-9-28-55(53)58(56)41-48/h1-41H. The molecule has 1 heterocycles. The Morgan fingerprint density at radius 3 is 1.50 bits per heavy atom. The molecule has 0 aliphatic carbocycles. The van der Waals surface area contributed by atoms with E-state index in [4.69, 9.17) is 4.42 Å². The number of hydrogen-bond acceptors (Lipinski definition) is 2. The van der Waals surface area contributed by atoms with Gasteiger partial charge in [0.15, 0.2) is 0 Å². The second kappa shape index (κ2) is 15.5. The first-order valence-corrected chi connectivity index (χ1v) is 22.7. The van der Waals surface area contributed by atoms with Gasteiger partial charge in [-0.2, -0.15) is 0 Å². The molecular weight excluding hydrogens is 799 g/mol. The van der Waals surface area contributed by atoms with Gasteiger partial charge < -0.3 is 9.32 Å². The molecule has 1 aromatic heterocycles. The van der Waals surface area contributed by atoms with Crippen LogP contribution in [0.15, 0.2) is 253 Å². The monoisotopic (exact) mass is 839 g/mol. The van der Waals surface area contributed by atoms with Gasteiger partial charge in [0.1, 0.15) is 11.2 Å². The lowest BCUT2D eigenvalue weighted by Crippen LogP contribution is -2.13. The highest BCUT2D eigenvalue weighted by Crippen LogP contribution is 2.51.